The van der Waals surface area contributed by atoms with Crippen molar-refractivity contribution >= 4 is 5.91 Å². The minimum atomic E-state index is -0.0977. The maximum atomic E-state index is 13.0. The van der Waals surface area contributed by atoms with Gasteiger partial charge >= 0.3 is 0 Å². The molecule has 1 aliphatic carbocycles. The van der Waals surface area contributed by atoms with Gasteiger partial charge in [-0.05, 0) is 48.3 Å². The molecule has 1 aromatic carbocycles. The normalized spacial score (nSPS) is 27.7. The Morgan fingerprint density at radius 2 is 2.14 bits per heavy atom. The monoisotopic (exact) mass is 284 g/mol. The number of rotatable bonds is 3. The van der Waals surface area contributed by atoms with E-state index in [1.165, 1.54) is 29.5 Å². The van der Waals surface area contributed by atoms with Crippen LogP contribution in [-0.2, 0) is 12.0 Å². The maximum absolute atomic E-state index is 13.0. The zero-order valence-electron chi connectivity index (χ0n) is 13.0. The summed E-state index contributed by atoms with van der Waals surface area (Å²) in [7, 11) is 0. The van der Waals surface area contributed by atoms with Crippen LogP contribution in [0.2, 0.25) is 0 Å². The summed E-state index contributed by atoms with van der Waals surface area (Å²) in [6.07, 6.45) is 4.55. The minimum absolute atomic E-state index is 0.0977. The van der Waals surface area contributed by atoms with E-state index in [4.69, 9.17) is 0 Å². The van der Waals surface area contributed by atoms with E-state index < -0.39 is 0 Å². The predicted molar refractivity (Wildman–Crippen MR) is 83.7 cm³/mol. The van der Waals surface area contributed by atoms with Crippen molar-refractivity contribution in [2.45, 2.75) is 51.0 Å². The first-order valence-electron chi connectivity index (χ1n) is 8.41. The van der Waals surface area contributed by atoms with Crippen molar-refractivity contribution in [3.63, 3.8) is 0 Å². The Kier molecular flexibility index (Phi) is 2.90. The highest BCUT2D eigenvalue weighted by molar-refractivity contribution is 6.02. The number of piperazine rings is 1. The molecule has 4 rings (SSSR count). The number of fused-ring (bicyclic) bond motifs is 3. The summed E-state index contributed by atoms with van der Waals surface area (Å²) in [6, 6.07) is 4.62. The van der Waals surface area contributed by atoms with Crippen LogP contribution < -0.4 is 5.32 Å². The lowest BCUT2D eigenvalue weighted by Crippen LogP contribution is -2.57. The highest BCUT2D eigenvalue weighted by atomic mass is 16.2. The van der Waals surface area contributed by atoms with Crippen LogP contribution in [0, 0.1) is 0 Å². The van der Waals surface area contributed by atoms with Gasteiger partial charge in [0, 0.05) is 25.2 Å². The molecule has 2 aliphatic heterocycles. The molecule has 0 radical (unpaired) electrons. The first-order chi connectivity index (χ1) is 10.2. The summed E-state index contributed by atoms with van der Waals surface area (Å²) >= 11 is 0. The number of carbonyl (C=O) groups excluding carboxylic acids is 1. The van der Waals surface area contributed by atoms with Gasteiger partial charge in [0.1, 0.15) is 0 Å². The van der Waals surface area contributed by atoms with Crippen molar-refractivity contribution in [3.8, 4) is 0 Å². The lowest BCUT2D eigenvalue weighted by molar-refractivity contribution is 0.0442. The first-order valence-corrected chi connectivity index (χ1v) is 8.41. The molecule has 2 heterocycles. The fraction of sp³-hybridized carbons (Fsp3) is 0.611. The number of carbonyl (C=O) groups is 1. The molecule has 0 aromatic heterocycles. The third-order valence-corrected chi connectivity index (χ3v) is 5.65. The lowest BCUT2D eigenvalue weighted by atomic mass is 9.82. The van der Waals surface area contributed by atoms with Crippen molar-refractivity contribution in [2.24, 2.45) is 0 Å². The van der Waals surface area contributed by atoms with E-state index in [0.29, 0.717) is 5.92 Å². The molecule has 3 heteroatoms. The molecule has 1 amide bonds. The van der Waals surface area contributed by atoms with Crippen LogP contribution in [0.25, 0.3) is 0 Å². The average Bonchev–Trinajstić information content (AvgIpc) is 3.34. The molecule has 1 aromatic rings. The lowest BCUT2D eigenvalue weighted by Gasteiger charge is -2.42. The van der Waals surface area contributed by atoms with Crippen molar-refractivity contribution in [1.29, 1.82) is 0 Å². The van der Waals surface area contributed by atoms with Gasteiger partial charge in [0.05, 0.1) is 5.54 Å². The fourth-order valence-corrected chi connectivity index (χ4v) is 4.23. The molecule has 1 saturated carbocycles. The van der Waals surface area contributed by atoms with Gasteiger partial charge in [-0.25, -0.2) is 0 Å². The zero-order valence-corrected chi connectivity index (χ0v) is 13.0. The molecule has 3 aliphatic rings. The number of benzene rings is 1. The van der Waals surface area contributed by atoms with Crippen LogP contribution in [0.5, 0.6) is 0 Å². The Hall–Kier alpha value is -1.35. The summed E-state index contributed by atoms with van der Waals surface area (Å²) in [5, 5.41) is 3.52. The third-order valence-electron chi connectivity index (χ3n) is 5.65. The van der Waals surface area contributed by atoms with Crippen molar-refractivity contribution in [3.05, 3.63) is 34.4 Å². The van der Waals surface area contributed by atoms with Gasteiger partial charge in [-0.3, -0.25) is 4.79 Å². The molecule has 0 bridgehead atoms. The van der Waals surface area contributed by atoms with Crippen molar-refractivity contribution in [1.82, 2.24) is 10.2 Å². The topological polar surface area (TPSA) is 32.3 Å². The smallest absolute Gasteiger partial charge is 0.255 e. The van der Waals surface area contributed by atoms with Crippen LogP contribution in [0.1, 0.15) is 66.1 Å². The summed E-state index contributed by atoms with van der Waals surface area (Å²) < 4.78 is 0. The van der Waals surface area contributed by atoms with E-state index in [9.17, 15) is 4.79 Å². The van der Waals surface area contributed by atoms with Gasteiger partial charge in [0.15, 0.2) is 0 Å². The van der Waals surface area contributed by atoms with Crippen LogP contribution >= 0.6 is 0 Å². The average molecular weight is 284 g/mol. The van der Waals surface area contributed by atoms with Crippen LogP contribution in [0.15, 0.2) is 12.1 Å². The van der Waals surface area contributed by atoms with Gasteiger partial charge in [-0.1, -0.05) is 26.0 Å². The van der Waals surface area contributed by atoms with E-state index >= 15 is 0 Å². The summed E-state index contributed by atoms with van der Waals surface area (Å²) in [4.78, 5) is 15.2. The molecule has 21 heavy (non-hydrogen) atoms. The highest BCUT2D eigenvalue weighted by Crippen LogP contribution is 2.50. The van der Waals surface area contributed by atoms with Gasteiger partial charge in [0.2, 0.25) is 0 Å². The Morgan fingerprint density at radius 3 is 2.81 bits per heavy atom. The molecule has 1 saturated heterocycles. The SMILES string of the molecule is CCc1cc(C2CC2)c2c(c1)[C@]1(CC)CNCCN1C2=O. The number of nitrogens with one attached hydrogen (secondary N) is 1. The van der Waals surface area contributed by atoms with Crippen LogP contribution in [-0.4, -0.2) is 30.4 Å². The van der Waals surface area contributed by atoms with E-state index in [2.05, 4.69) is 36.2 Å². The third kappa shape index (κ3) is 1.73. The molecular weight excluding hydrogens is 260 g/mol. The van der Waals surface area contributed by atoms with E-state index in [1.54, 1.807) is 0 Å². The largest absolute Gasteiger partial charge is 0.326 e. The Morgan fingerprint density at radius 1 is 1.33 bits per heavy atom. The maximum Gasteiger partial charge on any atom is 0.255 e. The standard InChI is InChI=1S/C18H24N2O/c1-3-12-9-14(13-5-6-13)16-15(10-12)18(4-2)11-19-7-8-20(18)17(16)21/h9-10,13,19H,3-8,11H2,1-2H3/t18-/m0/s1. The molecule has 0 spiro atoms. The first kappa shape index (κ1) is 13.3. The summed E-state index contributed by atoms with van der Waals surface area (Å²) in [6.45, 7) is 7.09. The number of hydrogen-bond acceptors (Lipinski definition) is 2. The minimum Gasteiger partial charge on any atom is -0.326 e. The summed E-state index contributed by atoms with van der Waals surface area (Å²) in [5.41, 5.74) is 5.00. The Bertz CT molecular complexity index is 605. The van der Waals surface area contributed by atoms with Crippen molar-refractivity contribution < 1.29 is 4.79 Å². The van der Waals surface area contributed by atoms with Gasteiger partial charge in [-0.15, -0.1) is 0 Å². The molecule has 112 valence electrons. The van der Waals surface area contributed by atoms with Gasteiger partial charge in [0.25, 0.3) is 5.91 Å². The predicted octanol–water partition coefficient (Wildman–Crippen LogP) is 2.79. The molecule has 2 fully saturated rings. The Balaban J connectivity index is 1.95. The molecular formula is C18H24N2O. The zero-order chi connectivity index (χ0) is 14.6. The van der Waals surface area contributed by atoms with E-state index in [-0.39, 0.29) is 11.4 Å². The number of nitrogens with zero attached hydrogens (tertiary/aromatic N) is 1. The number of amides is 1. The number of hydrogen-bond donors (Lipinski definition) is 1. The van der Waals surface area contributed by atoms with Crippen molar-refractivity contribution in [2.75, 3.05) is 19.6 Å². The quantitative estimate of drug-likeness (QED) is 0.925. The molecule has 0 unspecified atom stereocenters. The van der Waals surface area contributed by atoms with E-state index in [1.807, 2.05) is 0 Å². The molecule has 1 atom stereocenters. The molecule has 3 nitrogen and oxygen atoms in total. The summed E-state index contributed by atoms with van der Waals surface area (Å²) in [5.74, 6) is 0.926. The Labute approximate surface area is 126 Å². The van der Waals surface area contributed by atoms with E-state index in [0.717, 1.165) is 38.0 Å². The highest BCUT2D eigenvalue weighted by Gasteiger charge is 2.51. The second kappa shape index (κ2) is 4.57. The van der Waals surface area contributed by atoms with Crippen LogP contribution in [0.3, 0.4) is 0 Å². The van der Waals surface area contributed by atoms with Gasteiger partial charge in [-0.2, -0.15) is 0 Å². The molecule has 1 N–H and O–H groups in total. The van der Waals surface area contributed by atoms with Crippen LogP contribution in [0.4, 0.5) is 0 Å². The van der Waals surface area contributed by atoms with Gasteiger partial charge < -0.3 is 10.2 Å². The number of aryl methyl sites for hydroxylation is 1. The second-order valence-corrected chi connectivity index (χ2v) is 6.75. The fourth-order valence-electron chi connectivity index (χ4n) is 4.23. The second-order valence-electron chi connectivity index (χ2n) is 6.75.